The summed E-state index contributed by atoms with van der Waals surface area (Å²) >= 11 is 0. The van der Waals surface area contributed by atoms with Gasteiger partial charge in [0, 0.05) is 0 Å². The molecule has 0 bridgehead atoms. The fraction of sp³-hybridized carbons (Fsp3) is 0. The van der Waals surface area contributed by atoms with E-state index in [-0.39, 0.29) is 17.0 Å². The lowest BCUT2D eigenvalue weighted by atomic mass is 10.7. The highest BCUT2D eigenvalue weighted by Gasteiger charge is 1.72. The van der Waals surface area contributed by atoms with E-state index in [4.69, 9.17) is 0 Å². The quantitative estimate of drug-likeness (QED) is 0.483. The first-order valence-corrected chi connectivity index (χ1v) is 1.38. The Kier molecular flexibility index (Phi) is 2.75. The molecule has 1 aliphatic heterocycles. The maximum absolute atomic E-state index is 3.47. The third kappa shape index (κ3) is 1.21. The first-order chi connectivity index (χ1) is 2.50. The van der Waals surface area contributed by atoms with Gasteiger partial charge < -0.3 is 0 Å². The average molecular weight is 148 g/mol. The van der Waals surface area contributed by atoms with E-state index in [0.717, 1.165) is 0 Å². The lowest BCUT2D eigenvalue weighted by molar-refractivity contribution is 0.977. The summed E-state index contributed by atoms with van der Waals surface area (Å²) in [6.45, 7) is 0. The fourth-order valence-corrected chi connectivity index (χ4v) is 0.192. The highest BCUT2D eigenvalue weighted by molar-refractivity contribution is 8.93. The second kappa shape index (κ2) is 2.90. The Morgan fingerprint density at radius 2 is 2.17 bits per heavy atom. The zero-order valence-electron chi connectivity index (χ0n) is 3.03. The lowest BCUT2D eigenvalue weighted by Gasteiger charge is -1.62. The molecule has 0 unspecified atom stereocenters. The van der Waals surface area contributed by atoms with Crippen LogP contribution in [0.3, 0.4) is 0 Å². The van der Waals surface area contributed by atoms with Crippen LogP contribution >= 0.6 is 17.0 Å². The van der Waals surface area contributed by atoms with Gasteiger partial charge in [0.15, 0.2) is 0 Å². The van der Waals surface area contributed by atoms with Gasteiger partial charge in [0.1, 0.15) is 0 Å². The minimum absolute atomic E-state index is 0. The Labute approximate surface area is 46.7 Å². The van der Waals surface area contributed by atoms with Gasteiger partial charge in [0.2, 0.25) is 0 Å². The molecule has 3 heteroatoms. The minimum Gasteiger partial charge on any atom is -0.159 e. The molecule has 0 aromatic heterocycles. The van der Waals surface area contributed by atoms with Gasteiger partial charge in [-0.15, -0.1) is 17.0 Å². The number of nitrogens with zero attached hydrogens (tertiary/aromatic N) is 2. The van der Waals surface area contributed by atoms with Gasteiger partial charge in [-0.05, 0) is 6.08 Å². The molecule has 0 aliphatic carbocycles. The summed E-state index contributed by atoms with van der Waals surface area (Å²) in [4.78, 5) is 0. The molecule has 0 atom stereocenters. The third-order valence-corrected chi connectivity index (χ3v) is 0.372. The summed E-state index contributed by atoms with van der Waals surface area (Å²) < 4.78 is 0. The van der Waals surface area contributed by atoms with E-state index < -0.39 is 0 Å². The Morgan fingerprint density at radius 3 is 2.33 bits per heavy atom. The van der Waals surface area contributed by atoms with Crippen molar-refractivity contribution < 1.29 is 0 Å². The molecule has 0 aromatic rings. The van der Waals surface area contributed by atoms with Crippen LogP contribution in [0.2, 0.25) is 0 Å². The second-order valence-corrected chi connectivity index (χ2v) is 0.722. The first-order valence-electron chi connectivity index (χ1n) is 1.38. The summed E-state index contributed by atoms with van der Waals surface area (Å²) in [5, 5.41) is 3.47. The van der Waals surface area contributed by atoms with Gasteiger partial charge in [-0.3, -0.25) is 0 Å². The maximum Gasteiger partial charge on any atom is 0.0511 e. The molecule has 1 rings (SSSR count). The lowest BCUT2D eigenvalue weighted by Crippen LogP contribution is -1.69. The Bertz CT molecular complexity index is 66.9. The molecule has 1 aliphatic rings. The van der Waals surface area contributed by atoms with Crippen molar-refractivity contribution >= 4 is 23.2 Å². The number of halogens is 1. The van der Waals surface area contributed by atoms with Crippen LogP contribution in [0.1, 0.15) is 0 Å². The highest BCUT2D eigenvalue weighted by Crippen LogP contribution is 1.73. The van der Waals surface area contributed by atoms with Crippen LogP contribution in [-0.2, 0) is 0 Å². The van der Waals surface area contributed by atoms with Crippen LogP contribution < -0.4 is 5.43 Å². The van der Waals surface area contributed by atoms with Gasteiger partial charge in [-0.1, -0.05) is 0 Å². The molecular weight excluding hydrogens is 144 g/mol. The molecule has 0 saturated carbocycles. The topological polar surface area (TPSA) is 26.5 Å². The molecule has 1 radical (unpaired) electrons. The predicted octanol–water partition coefficient (Wildman–Crippen LogP) is 0.682. The van der Waals surface area contributed by atoms with Gasteiger partial charge in [-0.25, -0.2) is 0 Å². The van der Waals surface area contributed by atoms with Crippen molar-refractivity contribution in [1.82, 2.24) is 5.43 Å². The van der Waals surface area contributed by atoms with E-state index in [1.807, 2.05) is 0 Å². The predicted molar refractivity (Wildman–Crippen MR) is 30.1 cm³/mol. The number of hydrogen-bond donors (Lipinski definition) is 0. The van der Waals surface area contributed by atoms with Crippen molar-refractivity contribution in [3.05, 3.63) is 12.3 Å². The van der Waals surface area contributed by atoms with Crippen LogP contribution in [0.15, 0.2) is 17.4 Å². The summed E-state index contributed by atoms with van der Waals surface area (Å²) in [7, 11) is 0. The molecule has 0 N–H and O–H groups in total. The number of hydrogen-bond acceptors (Lipinski definition) is 1. The van der Waals surface area contributed by atoms with Crippen molar-refractivity contribution in [3.63, 3.8) is 0 Å². The van der Waals surface area contributed by atoms with Crippen molar-refractivity contribution in [1.29, 1.82) is 0 Å². The van der Waals surface area contributed by atoms with Gasteiger partial charge >= 0.3 is 0 Å². The van der Waals surface area contributed by atoms with E-state index in [2.05, 4.69) is 10.5 Å². The van der Waals surface area contributed by atoms with Crippen molar-refractivity contribution in [2.45, 2.75) is 0 Å². The molecule has 0 amide bonds. The van der Waals surface area contributed by atoms with E-state index in [0.29, 0.717) is 0 Å². The van der Waals surface area contributed by atoms with Crippen LogP contribution in [-0.4, -0.2) is 6.21 Å². The Morgan fingerprint density at radius 1 is 1.33 bits per heavy atom. The van der Waals surface area contributed by atoms with E-state index in [1.165, 1.54) is 0 Å². The molecular formula is C3H4BrN2. The summed E-state index contributed by atoms with van der Waals surface area (Å²) in [6, 6.07) is 0. The van der Waals surface area contributed by atoms with Gasteiger partial charge in [0.25, 0.3) is 0 Å². The molecule has 0 spiro atoms. The van der Waals surface area contributed by atoms with Crippen molar-refractivity contribution in [2.75, 3.05) is 0 Å². The monoisotopic (exact) mass is 147 g/mol. The van der Waals surface area contributed by atoms with Crippen LogP contribution in [0, 0.1) is 0 Å². The van der Waals surface area contributed by atoms with Gasteiger partial charge in [-0.2, -0.15) is 10.5 Å². The van der Waals surface area contributed by atoms with Crippen molar-refractivity contribution in [3.8, 4) is 0 Å². The molecule has 0 saturated heterocycles. The first kappa shape index (κ1) is 5.69. The van der Waals surface area contributed by atoms with Crippen molar-refractivity contribution in [2.24, 2.45) is 5.10 Å². The van der Waals surface area contributed by atoms with Gasteiger partial charge in [0.05, 0.1) is 12.4 Å². The number of rotatable bonds is 0. The zero-order chi connectivity index (χ0) is 3.54. The van der Waals surface area contributed by atoms with Crippen LogP contribution in [0.5, 0.6) is 0 Å². The standard InChI is InChI=1S/C3H3N2.BrH/c1-2-4-5-3-1;/h1-3H;1H. The minimum atomic E-state index is 0. The normalized spacial score (nSPS) is 13.3. The molecule has 0 aromatic carbocycles. The SMILES string of the molecule is Br.C1=C[N]N=C1. The number of allylic oxidation sites excluding steroid dienone is 1. The molecule has 6 heavy (non-hydrogen) atoms. The molecule has 33 valence electrons. The van der Waals surface area contributed by atoms with E-state index in [9.17, 15) is 0 Å². The van der Waals surface area contributed by atoms with E-state index >= 15 is 0 Å². The van der Waals surface area contributed by atoms with Crippen LogP contribution in [0.25, 0.3) is 0 Å². The Balaban J connectivity index is 0.000000250. The van der Waals surface area contributed by atoms with E-state index in [1.54, 1.807) is 18.5 Å². The van der Waals surface area contributed by atoms with Crippen LogP contribution in [0.4, 0.5) is 0 Å². The highest BCUT2D eigenvalue weighted by atomic mass is 79.9. The fourth-order valence-electron chi connectivity index (χ4n) is 0.192. The Hall–Kier alpha value is -0.310. The smallest absolute Gasteiger partial charge is 0.0511 e. The maximum atomic E-state index is 3.47. The average Bonchev–Trinajstić information content (AvgIpc) is 1.76. The summed E-state index contributed by atoms with van der Waals surface area (Å²) in [5.41, 5.74) is 3.47. The zero-order valence-corrected chi connectivity index (χ0v) is 4.75. The summed E-state index contributed by atoms with van der Waals surface area (Å²) in [6.07, 6.45) is 5.06. The third-order valence-electron chi connectivity index (χ3n) is 0.372. The molecule has 2 nitrogen and oxygen atoms in total. The molecule has 0 fully saturated rings. The molecule has 1 heterocycles. The summed E-state index contributed by atoms with van der Waals surface area (Å²) in [5.74, 6) is 0. The largest absolute Gasteiger partial charge is 0.159 e. The second-order valence-electron chi connectivity index (χ2n) is 0.722.